The van der Waals surface area contributed by atoms with Gasteiger partial charge in [0.25, 0.3) is 0 Å². The Morgan fingerprint density at radius 2 is 1.33 bits per heavy atom. The fraction of sp³-hybridized carbons (Fsp3) is 0.455. The van der Waals surface area contributed by atoms with Crippen molar-refractivity contribution in [2.75, 3.05) is 0 Å². The maximum atomic E-state index is 9.55. The molecule has 0 amide bonds. The molecule has 0 unspecified atom stereocenters. The molecular formula is C11H16O. The van der Waals surface area contributed by atoms with Crippen molar-refractivity contribution in [1.82, 2.24) is 0 Å². The van der Waals surface area contributed by atoms with Gasteiger partial charge in [-0.2, -0.15) is 0 Å². The lowest BCUT2D eigenvalue weighted by molar-refractivity contribution is 0.406. The smallest absolute Gasteiger partial charge is 0.126 e. The highest BCUT2D eigenvalue weighted by atomic mass is 16.3. The van der Waals surface area contributed by atoms with Crippen LogP contribution in [0.4, 0.5) is 0 Å². The molecule has 0 spiro atoms. The molecule has 1 nitrogen and oxygen atoms in total. The minimum Gasteiger partial charge on any atom is -0.507 e. The third-order valence-corrected chi connectivity index (χ3v) is 2.22. The first-order valence-corrected chi connectivity index (χ1v) is 4.22. The Hall–Kier alpha value is -0.980. The summed E-state index contributed by atoms with van der Waals surface area (Å²) in [6, 6.07) is 0. The van der Waals surface area contributed by atoms with E-state index in [4.69, 9.17) is 0 Å². The highest BCUT2D eigenvalue weighted by molar-refractivity contribution is 5.68. The zero-order valence-corrected chi connectivity index (χ0v) is 8.45. The molecule has 0 radical (unpaired) electrons. The van der Waals surface area contributed by atoms with E-state index < -0.39 is 0 Å². The summed E-state index contributed by atoms with van der Waals surface area (Å²) in [6.07, 6.45) is 0. The summed E-state index contributed by atoms with van der Waals surface area (Å²) in [6.45, 7) is 10.2. The molecule has 0 bridgehead atoms. The van der Waals surface area contributed by atoms with E-state index in [2.05, 4.69) is 13.8 Å². The minimum atomic E-state index is 0.478. The van der Waals surface area contributed by atoms with E-state index in [1.54, 1.807) is 0 Å². The van der Waals surface area contributed by atoms with E-state index in [0.29, 0.717) is 5.76 Å². The lowest BCUT2D eigenvalue weighted by Gasteiger charge is -2.27. The van der Waals surface area contributed by atoms with Crippen molar-refractivity contribution in [3.63, 3.8) is 0 Å². The van der Waals surface area contributed by atoms with E-state index in [-0.39, 0.29) is 0 Å². The van der Waals surface area contributed by atoms with Gasteiger partial charge >= 0.3 is 0 Å². The molecular weight excluding hydrogens is 148 g/mol. The second kappa shape index (κ2) is 2.81. The van der Waals surface area contributed by atoms with Crippen LogP contribution in [0, 0.1) is 0 Å². The standard InChI is InChI=1S/C11H16O/c1-6(2)9-8(5)11(12)10(9)7(3)4/h12H,1-5H3. The van der Waals surface area contributed by atoms with Gasteiger partial charge in [0.2, 0.25) is 0 Å². The van der Waals surface area contributed by atoms with Crippen molar-refractivity contribution in [3.05, 3.63) is 33.6 Å². The van der Waals surface area contributed by atoms with E-state index >= 15 is 0 Å². The second-order valence-electron chi connectivity index (χ2n) is 3.72. The van der Waals surface area contributed by atoms with Crippen molar-refractivity contribution < 1.29 is 5.11 Å². The van der Waals surface area contributed by atoms with Crippen molar-refractivity contribution in [2.24, 2.45) is 0 Å². The number of hydrogen-bond acceptors (Lipinski definition) is 1. The first-order valence-electron chi connectivity index (χ1n) is 4.22. The minimum absolute atomic E-state index is 0.478. The molecule has 0 heterocycles. The van der Waals surface area contributed by atoms with E-state index in [1.807, 2.05) is 20.8 Å². The van der Waals surface area contributed by atoms with Crippen molar-refractivity contribution in [3.8, 4) is 0 Å². The van der Waals surface area contributed by atoms with Gasteiger partial charge in [-0.3, -0.25) is 0 Å². The second-order valence-corrected chi connectivity index (χ2v) is 3.72. The summed E-state index contributed by atoms with van der Waals surface area (Å²) in [7, 11) is 0. The first-order chi connectivity index (χ1) is 5.46. The molecule has 0 atom stereocenters. The number of allylic oxidation sites excluding steroid dienone is 4. The van der Waals surface area contributed by atoms with Crippen molar-refractivity contribution in [2.45, 2.75) is 34.6 Å². The number of hydrogen-bond donors (Lipinski definition) is 1. The van der Waals surface area contributed by atoms with Gasteiger partial charge in [-0.25, -0.2) is 0 Å². The van der Waals surface area contributed by atoms with Gasteiger partial charge in [-0.15, -0.1) is 0 Å². The monoisotopic (exact) mass is 164 g/mol. The topological polar surface area (TPSA) is 20.2 Å². The van der Waals surface area contributed by atoms with Crippen LogP contribution in [0.2, 0.25) is 0 Å². The Morgan fingerprint density at radius 3 is 1.58 bits per heavy atom. The molecule has 0 fully saturated rings. The molecule has 0 aromatic rings. The molecule has 1 heteroatoms. The number of aliphatic hydroxyl groups is 1. The van der Waals surface area contributed by atoms with Crippen LogP contribution in [-0.4, -0.2) is 5.11 Å². The largest absolute Gasteiger partial charge is 0.507 e. The molecule has 1 rings (SSSR count). The highest BCUT2D eigenvalue weighted by Crippen LogP contribution is 2.41. The van der Waals surface area contributed by atoms with Crippen molar-refractivity contribution in [1.29, 1.82) is 0 Å². The lowest BCUT2D eigenvalue weighted by Crippen LogP contribution is -2.13. The molecule has 1 N–H and O–H groups in total. The summed E-state index contributed by atoms with van der Waals surface area (Å²) >= 11 is 0. The Labute approximate surface area is 74.1 Å². The maximum absolute atomic E-state index is 9.55. The third-order valence-electron chi connectivity index (χ3n) is 2.22. The van der Waals surface area contributed by atoms with Crippen LogP contribution in [-0.2, 0) is 0 Å². The van der Waals surface area contributed by atoms with Gasteiger partial charge < -0.3 is 5.11 Å². The third kappa shape index (κ3) is 1.09. The van der Waals surface area contributed by atoms with Gasteiger partial charge in [0, 0.05) is 5.57 Å². The molecule has 66 valence electrons. The van der Waals surface area contributed by atoms with Crippen LogP contribution in [0.25, 0.3) is 0 Å². The first kappa shape index (κ1) is 9.11. The molecule has 0 aromatic carbocycles. The summed E-state index contributed by atoms with van der Waals surface area (Å²) in [5.74, 6) is 0.478. The Balaban J connectivity index is 3.31. The quantitative estimate of drug-likeness (QED) is 0.581. The summed E-state index contributed by atoms with van der Waals surface area (Å²) in [5, 5.41) is 9.55. The Kier molecular flexibility index (Phi) is 2.14. The van der Waals surface area contributed by atoms with Crippen LogP contribution in [0.15, 0.2) is 33.6 Å². The molecule has 0 saturated heterocycles. The Bertz CT molecular complexity index is 274. The Morgan fingerprint density at radius 1 is 0.917 bits per heavy atom. The van der Waals surface area contributed by atoms with E-state index in [1.165, 1.54) is 16.7 Å². The van der Waals surface area contributed by atoms with Gasteiger partial charge in [0.1, 0.15) is 5.76 Å². The predicted octanol–water partition coefficient (Wildman–Crippen LogP) is 3.50. The average molecular weight is 164 g/mol. The van der Waals surface area contributed by atoms with Crippen molar-refractivity contribution >= 4 is 0 Å². The predicted molar refractivity (Wildman–Crippen MR) is 52.1 cm³/mol. The molecule has 12 heavy (non-hydrogen) atoms. The van der Waals surface area contributed by atoms with E-state index in [9.17, 15) is 5.11 Å². The van der Waals surface area contributed by atoms with Crippen LogP contribution in [0.5, 0.6) is 0 Å². The van der Waals surface area contributed by atoms with Crippen LogP contribution in [0.3, 0.4) is 0 Å². The normalized spacial score (nSPS) is 16.4. The fourth-order valence-electron chi connectivity index (χ4n) is 1.66. The lowest BCUT2D eigenvalue weighted by atomic mass is 9.80. The number of aliphatic hydroxyl groups excluding tert-OH is 1. The zero-order valence-electron chi connectivity index (χ0n) is 8.45. The van der Waals surface area contributed by atoms with Crippen LogP contribution in [0.1, 0.15) is 34.6 Å². The highest BCUT2D eigenvalue weighted by Gasteiger charge is 2.27. The fourth-order valence-corrected chi connectivity index (χ4v) is 1.66. The zero-order chi connectivity index (χ0) is 9.46. The van der Waals surface area contributed by atoms with Gasteiger partial charge in [-0.1, -0.05) is 11.1 Å². The summed E-state index contributed by atoms with van der Waals surface area (Å²) in [4.78, 5) is 0. The number of rotatable bonds is 0. The van der Waals surface area contributed by atoms with E-state index in [0.717, 1.165) is 11.1 Å². The SMILES string of the molecule is CC(C)=C1C(C)=C(O)C1=C(C)C. The maximum Gasteiger partial charge on any atom is 0.126 e. The molecule has 1 aliphatic carbocycles. The molecule has 0 saturated carbocycles. The van der Waals surface area contributed by atoms with Gasteiger partial charge in [-0.05, 0) is 45.8 Å². The molecule has 0 aromatic heterocycles. The van der Waals surface area contributed by atoms with Crippen LogP contribution < -0.4 is 0 Å². The molecule has 1 aliphatic rings. The van der Waals surface area contributed by atoms with Gasteiger partial charge in [0.15, 0.2) is 0 Å². The molecule has 0 aliphatic heterocycles. The summed E-state index contributed by atoms with van der Waals surface area (Å²) < 4.78 is 0. The summed E-state index contributed by atoms with van der Waals surface area (Å²) in [5.41, 5.74) is 5.79. The average Bonchev–Trinajstić information content (AvgIpc) is 1.96. The van der Waals surface area contributed by atoms with Crippen LogP contribution >= 0.6 is 0 Å². The van der Waals surface area contributed by atoms with Gasteiger partial charge in [0.05, 0.1) is 0 Å².